The smallest absolute Gasteiger partial charge is 0.228 e. The third-order valence-corrected chi connectivity index (χ3v) is 7.24. The number of hydrogen-bond acceptors (Lipinski definition) is 7. The fourth-order valence-corrected chi connectivity index (χ4v) is 5.26. The highest BCUT2D eigenvalue weighted by Crippen LogP contribution is 2.33. The first-order valence-corrected chi connectivity index (χ1v) is 13.1. The van der Waals surface area contributed by atoms with Crippen LogP contribution in [0.5, 0.6) is 0 Å². The maximum Gasteiger partial charge on any atom is 0.228 e. The number of nitrogens with one attached hydrogen (secondary N) is 3. The van der Waals surface area contributed by atoms with Gasteiger partial charge in [0, 0.05) is 29.7 Å². The molecule has 188 valence electrons. The number of carbonyl (C=O) groups excluding carboxylic acids is 1. The highest BCUT2D eigenvalue weighted by molar-refractivity contribution is 7.13. The number of imidazole rings is 1. The molecule has 0 aliphatic heterocycles. The number of carbonyl (C=O) groups is 1. The van der Waals surface area contributed by atoms with Gasteiger partial charge in [0.15, 0.2) is 11.5 Å². The molecule has 7 aromatic rings. The van der Waals surface area contributed by atoms with Crippen LogP contribution in [0.4, 0.5) is 5.69 Å². The number of aromatic amines is 2. The topological polar surface area (TPSA) is 125 Å². The normalized spacial score (nSPS) is 11.3. The van der Waals surface area contributed by atoms with Gasteiger partial charge >= 0.3 is 0 Å². The maximum atomic E-state index is 12.6. The number of amides is 1. The van der Waals surface area contributed by atoms with Crippen molar-refractivity contribution in [3.05, 3.63) is 96.4 Å². The monoisotopic (exact) mass is 528 g/mol. The van der Waals surface area contributed by atoms with Crippen LogP contribution in [-0.4, -0.2) is 41.0 Å². The maximum absolute atomic E-state index is 12.6. The van der Waals surface area contributed by atoms with E-state index in [-0.39, 0.29) is 12.3 Å². The van der Waals surface area contributed by atoms with Crippen molar-refractivity contribution in [2.24, 2.45) is 0 Å². The number of benzene rings is 1. The molecule has 6 heterocycles. The minimum absolute atomic E-state index is 0.104. The lowest BCUT2D eigenvalue weighted by atomic mass is 10.1. The van der Waals surface area contributed by atoms with Gasteiger partial charge in [-0.3, -0.25) is 19.9 Å². The molecule has 0 atom stereocenters. The van der Waals surface area contributed by atoms with E-state index in [4.69, 9.17) is 4.98 Å². The highest BCUT2D eigenvalue weighted by atomic mass is 32.1. The minimum Gasteiger partial charge on any atom is -0.336 e. The van der Waals surface area contributed by atoms with Crippen molar-refractivity contribution in [2.75, 3.05) is 5.32 Å². The minimum atomic E-state index is -0.104. The summed E-state index contributed by atoms with van der Waals surface area (Å²) in [5.41, 5.74) is 7.04. The van der Waals surface area contributed by atoms with Gasteiger partial charge in [0.05, 0.1) is 34.1 Å². The summed E-state index contributed by atoms with van der Waals surface area (Å²) in [6.07, 6.45) is 7.21. The van der Waals surface area contributed by atoms with Crippen LogP contribution < -0.4 is 5.32 Å². The fourth-order valence-electron chi connectivity index (χ4n) is 4.54. The molecule has 0 aliphatic carbocycles. The largest absolute Gasteiger partial charge is 0.336 e. The third-order valence-electron chi connectivity index (χ3n) is 6.36. The summed E-state index contributed by atoms with van der Waals surface area (Å²) in [7, 11) is 0. The summed E-state index contributed by atoms with van der Waals surface area (Å²) in [6.45, 7) is 0. The van der Waals surface area contributed by atoms with Crippen LogP contribution in [0.3, 0.4) is 0 Å². The number of hydrogen-bond donors (Lipinski definition) is 3. The predicted molar refractivity (Wildman–Crippen MR) is 152 cm³/mol. The fraction of sp³-hybridized carbons (Fsp3) is 0.0345. The number of rotatable bonds is 6. The average Bonchev–Trinajstić information content (AvgIpc) is 3.73. The molecule has 0 radical (unpaired) electrons. The van der Waals surface area contributed by atoms with E-state index in [2.05, 4.69) is 35.5 Å². The van der Waals surface area contributed by atoms with Gasteiger partial charge in [-0.1, -0.05) is 36.4 Å². The number of nitrogens with zero attached hydrogens (tertiary/aromatic N) is 5. The average molecular weight is 529 g/mol. The van der Waals surface area contributed by atoms with E-state index in [0.717, 1.165) is 43.7 Å². The Labute approximate surface area is 226 Å². The Morgan fingerprint density at radius 2 is 1.82 bits per heavy atom. The summed E-state index contributed by atoms with van der Waals surface area (Å²) < 4.78 is 0. The van der Waals surface area contributed by atoms with Crippen molar-refractivity contribution in [2.45, 2.75) is 6.42 Å². The van der Waals surface area contributed by atoms with Gasteiger partial charge in [0.25, 0.3) is 0 Å². The molecular weight excluding hydrogens is 508 g/mol. The Morgan fingerprint density at radius 3 is 2.69 bits per heavy atom. The van der Waals surface area contributed by atoms with E-state index in [1.54, 1.807) is 36.1 Å². The molecule has 0 aliphatic rings. The summed E-state index contributed by atoms with van der Waals surface area (Å²) in [5.74, 6) is 0.521. The first kappa shape index (κ1) is 22.9. The van der Waals surface area contributed by atoms with E-state index in [1.165, 1.54) is 0 Å². The second-order valence-electron chi connectivity index (χ2n) is 8.98. The Bertz CT molecular complexity index is 1940. The van der Waals surface area contributed by atoms with Crippen LogP contribution in [-0.2, 0) is 11.2 Å². The molecular formula is C29H20N8OS. The van der Waals surface area contributed by atoms with Crippen molar-refractivity contribution in [3.63, 3.8) is 0 Å². The molecule has 0 saturated heterocycles. The van der Waals surface area contributed by atoms with Gasteiger partial charge in [-0.25, -0.2) is 9.97 Å². The standard InChI is InChI=1S/C29H20N8OS/c38-24(11-17-5-2-1-3-6-17)33-20-12-18(14-30-16-20)19-13-21-25(36-37-28(21)32-15-19)29-34-22-8-9-31-27(26(22)35-29)23-7-4-10-39-23/h1-10,12-16H,11H2,(H,33,38)(H,34,35)(H,32,36,37). The second-order valence-corrected chi connectivity index (χ2v) is 9.93. The van der Waals surface area contributed by atoms with Gasteiger partial charge in [-0.05, 0) is 35.2 Å². The lowest BCUT2D eigenvalue weighted by molar-refractivity contribution is -0.115. The molecule has 0 spiro atoms. The van der Waals surface area contributed by atoms with Crippen molar-refractivity contribution < 1.29 is 4.79 Å². The molecule has 1 aromatic carbocycles. The molecule has 1 amide bonds. The first-order valence-electron chi connectivity index (χ1n) is 12.2. The summed E-state index contributed by atoms with van der Waals surface area (Å²) in [5, 5.41) is 13.3. The predicted octanol–water partition coefficient (Wildman–Crippen LogP) is 5.87. The number of aromatic nitrogens is 7. The van der Waals surface area contributed by atoms with E-state index in [1.807, 2.05) is 66.0 Å². The summed E-state index contributed by atoms with van der Waals surface area (Å²) in [4.78, 5) is 35.4. The van der Waals surface area contributed by atoms with Crippen LogP contribution in [0.1, 0.15) is 5.56 Å². The number of thiophene rings is 1. The Hall–Kier alpha value is -5.22. The molecule has 39 heavy (non-hydrogen) atoms. The highest BCUT2D eigenvalue weighted by Gasteiger charge is 2.17. The first-order chi connectivity index (χ1) is 19.2. The van der Waals surface area contributed by atoms with Crippen LogP contribution in [0.15, 0.2) is 90.8 Å². The quantitative estimate of drug-likeness (QED) is 0.248. The van der Waals surface area contributed by atoms with Crippen molar-refractivity contribution in [3.8, 4) is 33.2 Å². The molecule has 9 nitrogen and oxygen atoms in total. The zero-order chi connectivity index (χ0) is 26.2. The van der Waals surface area contributed by atoms with Gasteiger partial charge in [0.1, 0.15) is 16.9 Å². The molecule has 10 heteroatoms. The van der Waals surface area contributed by atoms with Gasteiger partial charge in [-0.2, -0.15) is 5.10 Å². The van der Waals surface area contributed by atoms with E-state index < -0.39 is 0 Å². The zero-order valence-corrected chi connectivity index (χ0v) is 21.2. The molecule has 3 N–H and O–H groups in total. The summed E-state index contributed by atoms with van der Waals surface area (Å²) >= 11 is 1.62. The zero-order valence-electron chi connectivity index (χ0n) is 20.4. The van der Waals surface area contributed by atoms with Crippen LogP contribution in [0, 0.1) is 0 Å². The molecule has 0 saturated carbocycles. The molecule has 0 bridgehead atoms. The Kier molecular flexibility index (Phi) is 5.64. The van der Waals surface area contributed by atoms with Gasteiger partial charge in [-0.15, -0.1) is 11.3 Å². The second kappa shape index (κ2) is 9.58. The lowest BCUT2D eigenvalue weighted by Gasteiger charge is -2.07. The van der Waals surface area contributed by atoms with Crippen molar-refractivity contribution in [1.29, 1.82) is 0 Å². The van der Waals surface area contributed by atoms with E-state index in [9.17, 15) is 4.79 Å². The molecule has 6 aromatic heterocycles. The third kappa shape index (κ3) is 4.42. The number of anilines is 1. The molecule has 0 unspecified atom stereocenters. The number of pyridine rings is 3. The Balaban J connectivity index is 1.21. The Morgan fingerprint density at radius 1 is 0.923 bits per heavy atom. The number of H-pyrrole nitrogens is 2. The summed E-state index contributed by atoms with van der Waals surface area (Å²) in [6, 6.07) is 19.5. The van der Waals surface area contributed by atoms with E-state index in [0.29, 0.717) is 22.9 Å². The lowest BCUT2D eigenvalue weighted by Crippen LogP contribution is -2.14. The van der Waals surface area contributed by atoms with Crippen LogP contribution in [0.25, 0.3) is 55.3 Å². The molecule has 0 fully saturated rings. The van der Waals surface area contributed by atoms with Gasteiger partial charge < -0.3 is 10.3 Å². The SMILES string of the molecule is O=C(Cc1ccccc1)Nc1cncc(-c2cnc3[nH]nc(-c4nc5c(-c6cccs6)nccc5[nH]4)c3c2)c1. The number of fused-ring (bicyclic) bond motifs is 2. The van der Waals surface area contributed by atoms with Crippen LogP contribution in [0.2, 0.25) is 0 Å². The van der Waals surface area contributed by atoms with Crippen LogP contribution >= 0.6 is 11.3 Å². The molecule has 7 rings (SSSR count). The van der Waals surface area contributed by atoms with Crippen molar-refractivity contribution in [1.82, 2.24) is 35.1 Å². The van der Waals surface area contributed by atoms with E-state index >= 15 is 0 Å². The van der Waals surface area contributed by atoms with Crippen molar-refractivity contribution >= 4 is 45.0 Å². The van der Waals surface area contributed by atoms with Gasteiger partial charge in [0.2, 0.25) is 5.91 Å².